The fourth-order valence-electron chi connectivity index (χ4n) is 1.52. The van der Waals surface area contributed by atoms with Gasteiger partial charge in [0.15, 0.2) is 0 Å². The third kappa shape index (κ3) is 2.00. The average Bonchev–Trinajstić information content (AvgIpc) is 2.43. The molecule has 4 N–H and O–H groups in total. The molecule has 2 rings (SSSR count). The van der Waals surface area contributed by atoms with Crippen molar-refractivity contribution in [1.82, 2.24) is 9.97 Å². The minimum Gasteiger partial charge on any atom is -0.368 e. The Hall–Kier alpha value is -1.40. The zero-order valence-corrected chi connectivity index (χ0v) is 8.61. The quantitative estimate of drug-likeness (QED) is 0.646. The molecule has 1 aliphatic rings. The van der Waals surface area contributed by atoms with Crippen LogP contribution >= 0.6 is 11.6 Å². The van der Waals surface area contributed by atoms with E-state index in [1.807, 2.05) is 0 Å². The van der Waals surface area contributed by atoms with Crippen LogP contribution in [0.1, 0.15) is 6.42 Å². The summed E-state index contributed by atoms with van der Waals surface area (Å²) in [5, 5.41) is 0.214. The molecule has 1 amide bonds. The molecular weight excluding hydrogens is 218 g/mol. The Morgan fingerprint density at radius 2 is 2.27 bits per heavy atom. The van der Waals surface area contributed by atoms with Crippen LogP contribution in [0.15, 0.2) is 6.07 Å². The van der Waals surface area contributed by atoms with E-state index in [0.29, 0.717) is 18.8 Å². The van der Waals surface area contributed by atoms with Crippen molar-refractivity contribution in [2.24, 2.45) is 5.73 Å². The van der Waals surface area contributed by atoms with Crippen LogP contribution in [-0.2, 0) is 4.79 Å². The minimum atomic E-state index is -0.160. The molecule has 0 aliphatic carbocycles. The van der Waals surface area contributed by atoms with Gasteiger partial charge in [0.25, 0.3) is 0 Å². The number of carbonyl (C=O) groups excluding carboxylic acids is 1. The number of nitrogens with zero attached hydrogens (tertiary/aromatic N) is 3. The first-order chi connectivity index (χ1) is 7.06. The molecule has 0 bridgehead atoms. The van der Waals surface area contributed by atoms with E-state index < -0.39 is 0 Å². The summed E-state index contributed by atoms with van der Waals surface area (Å²) in [6, 6.07) is 1.33. The molecule has 1 aromatic heterocycles. The summed E-state index contributed by atoms with van der Waals surface area (Å²) < 4.78 is 0. The van der Waals surface area contributed by atoms with Gasteiger partial charge in [0.2, 0.25) is 11.9 Å². The third-order valence-corrected chi connectivity index (χ3v) is 2.32. The largest absolute Gasteiger partial charge is 0.368 e. The molecule has 1 aromatic rings. The summed E-state index contributed by atoms with van der Waals surface area (Å²) in [7, 11) is 0. The highest BCUT2D eigenvalue weighted by atomic mass is 35.5. The summed E-state index contributed by atoms with van der Waals surface area (Å²) >= 11 is 5.71. The molecule has 0 radical (unpaired) electrons. The summed E-state index contributed by atoms with van der Waals surface area (Å²) in [5.74, 6) is 0.382. The number of hydrogen-bond donors (Lipinski definition) is 2. The third-order valence-electron chi connectivity index (χ3n) is 2.13. The normalized spacial score (nSPS) is 21.1. The first-order valence-corrected chi connectivity index (χ1v) is 4.80. The lowest BCUT2D eigenvalue weighted by Gasteiger charge is -2.14. The second kappa shape index (κ2) is 3.63. The van der Waals surface area contributed by atoms with E-state index >= 15 is 0 Å². The summed E-state index contributed by atoms with van der Waals surface area (Å²) in [4.78, 5) is 20.6. The minimum absolute atomic E-state index is 0.0470. The number of rotatable bonds is 1. The molecule has 6 nitrogen and oxygen atoms in total. The van der Waals surface area contributed by atoms with Crippen molar-refractivity contribution < 1.29 is 4.79 Å². The fraction of sp³-hybridized carbons (Fsp3) is 0.375. The van der Waals surface area contributed by atoms with Crippen LogP contribution in [0.25, 0.3) is 0 Å². The molecule has 2 heterocycles. The molecule has 1 unspecified atom stereocenters. The van der Waals surface area contributed by atoms with Crippen molar-refractivity contribution >= 4 is 29.3 Å². The van der Waals surface area contributed by atoms with Crippen LogP contribution in [0.3, 0.4) is 0 Å². The Morgan fingerprint density at radius 3 is 2.80 bits per heavy atom. The van der Waals surface area contributed by atoms with E-state index in [1.54, 1.807) is 0 Å². The van der Waals surface area contributed by atoms with E-state index in [0.717, 1.165) is 0 Å². The highest BCUT2D eigenvalue weighted by molar-refractivity contribution is 6.29. The average molecular weight is 228 g/mol. The van der Waals surface area contributed by atoms with Crippen LogP contribution < -0.4 is 16.4 Å². The van der Waals surface area contributed by atoms with Gasteiger partial charge in [0, 0.05) is 25.1 Å². The molecule has 15 heavy (non-hydrogen) atoms. The van der Waals surface area contributed by atoms with Crippen molar-refractivity contribution in [3.05, 3.63) is 11.2 Å². The van der Waals surface area contributed by atoms with E-state index in [4.69, 9.17) is 23.1 Å². The maximum atomic E-state index is 11.5. The number of carbonyl (C=O) groups is 1. The van der Waals surface area contributed by atoms with Gasteiger partial charge < -0.3 is 11.5 Å². The van der Waals surface area contributed by atoms with Gasteiger partial charge in [0.1, 0.15) is 11.0 Å². The lowest BCUT2D eigenvalue weighted by Crippen LogP contribution is -2.29. The van der Waals surface area contributed by atoms with Gasteiger partial charge in [-0.05, 0) is 0 Å². The predicted molar refractivity (Wildman–Crippen MR) is 56.4 cm³/mol. The standard InChI is InChI=1S/C8H10ClN5O/c9-5-2-6(13-8(11)12-5)14-3-4(10)1-7(14)15/h2,4H,1,3,10H2,(H2,11,12,13). The molecule has 1 saturated heterocycles. The number of aromatic nitrogens is 2. The molecule has 80 valence electrons. The van der Waals surface area contributed by atoms with Gasteiger partial charge in [-0.3, -0.25) is 9.69 Å². The molecular formula is C8H10ClN5O. The Bertz CT molecular complexity index is 390. The van der Waals surface area contributed by atoms with Crippen molar-refractivity contribution in [2.75, 3.05) is 17.2 Å². The van der Waals surface area contributed by atoms with Crippen LogP contribution in [0.4, 0.5) is 11.8 Å². The van der Waals surface area contributed by atoms with Crippen LogP contribution in [0, 0.1) is 0 Å². The van der Waals surface area contributed by atoms with E-state index in [-0.39, 0.29) is 23.1 Å². The Balaban J connectivity index is 2.33. The van der Waals surface area contributed by atoms with Gasteiger partial charge in [-0.15, -0.1) is 0 Å². The maximum Gasteiger partial charge on any atom is 0.229 e. The van der Waals surface area contributed by atoms with Crippen molar-refractivity contribution in [2.45, 2.75) is 12.5 Å². The van der Waals surface area contributed by atoms with E-state index in [9.17, 15) is 4.79 Å². The topological polar surface area (TPSA) is 98.1 Å². The van der Waals surface area contributed by atoms with Gasteiger partial charge in [0.05, 0.1) is 0 Å². The van der Waals surface area contributed by atoms with E-state index in [2.05, 4.69) is 9.97 Å². The number of hydrogen-bond acceptors (Lipinski definition) is 5. The predicted octanol–water partition coefficient (Wildman–Crippen LogP) is -0.224. The number of nitrogen functional groups attached to an aromatic ring is 1. The summed E-state index contributed by atoms with van der Waals surface area (Å²) in [5.41, 5.74) is 11.1. The lowest BCUT2D eigenvalue weighted by atomic mass is 10.3. The fourth-order valence-corrected chi connectivity index (χ4v) is 1.70. The van der Waals surface area contributed by atoms with Crippen LogP contribution in [0.5, 0.6) is 0 Å². The molecule has 1 fully saturated rings. The van der Waals surface area contributed by atoms with Gasteiger partial charge in [-0.1, -0.05) is 11.6 Å². The second-order valence-corrected chi connectivity index (χ2v) is 3.76. The SMILES string of the molecule is Nc1nc(Cl)cc(N2CC(N)CC2=O)n1. The first-order valence-electron chi connectivity index (χ1n) is 4.42. The maximum absolute atomic E-state index is 11.5. The zero-order valence-electron chi connectivity index (χ0n) is 7.85. The van der Waals surface area contributed by atoms with Crippen molar-refractivity contribution in [3.63, 3.8) is 0 Å². The Kier molecular flexibility index (Phi) is 2.45. The highest BCUT2D eigenvalue weighted by Gasteiger charge is 2.29. The Morgan fingerprint density at radius 1 is 1.53 bits per heavy atom. The monoisotopic (exact) mass is 227 g/mol. The molecule has 1 atom stereocenters. The smallest absolute Gasteiger partial charge is 0.229 e. The van der Waals surface area contributed by atoms with Gasteiger partial charge >= 0.3 is 0 Å². The molecule has 0 saturated carbocycles. The number of amides is 1. The zero-order chi connectivity index (χ0) is 11.0. The Labute approximate surface area is 91.2 Å². The summed E-state index contributed by atoms with van der Waals surface area (Å²) in [6.45, 7) is 0.436. The number of anilines is 2. The molecule has 0 spiro atoms. The first kappa shape index (κ1) is 10.1. The lowest BCUT2D eigenvalue weighted by molar-refractivity contribution is -0.117. The van der Waals surface area contributed by atoms with E-state index in [1.165, 1.54) is 11.0 Å². The van der Waals surface area contributed by atoms with Crippen LogP contribution in [0.2, 0.25) is 5.15 Å². The second-order valence-electron chi connectivity index (χ2n) is 3.38. The van der Waals surface area contributed by atoms with Crippen molar-refractivity contribution in [3.8, 4) is 0 Å². The summed E-state index contributed by atoms with van der Waals surface area (Å²) in [6.07, 6.45) is 0.321. The highest BCUT2D eigenvalue weighted by Crippen LogP contribution is 2.21. The molecule has 1 aliphatic heterocycles. The van der Waals surface area contributed by atoms with Crippen LogP contribution in [-0.4, -0.2) is 28.5 Å². The van der Waals surface area contributed by atoms with Gasteiger partial charge in [-0.2, -0.15) is 4.98 Å². The van der Waals surface area contributed by atoms with Gasteiger partial charge in [-0.25, -0.2) is 4.98 Å². The number of nitrogens with two attached hydrogens (primary N) is 2. The van der Waals surface area contributed by atoms with Crippen molar-refractivity contribution in [1.29, 1.82) is 0 Å². The number of halogens is 1. The molecule has 7 heteroatoms. The molecule has 0 aromatic carbocycles.